The van der Waals surface area contributed by atoms with Crippen LogP contribution in [-0.2, 0) is 30.2 Å². The van der Waals surface area contributed by atoms with Gasteiger partial charge in [-0.2, -0.15) is 0 Å². The number of carbonyl (C=O) groups is 2. The van der Waals surface area contributed by atoms with Crippen LogP contribution >= 0.6 is 0 Å². The second-order valence-electron chi connectivity index (χ2n) is 9.51. The van der Waals surface area contributed by atoms with Crippen molar-refractivity contribution in [3.63, 3.8) is 0 Å². The first-order chi connectivity index (χ1) is 16.5. The van der Waals surface area contributed by atoms with Gasteiger partial charge in [-0.1, -0.05) is 6.58 Å². The molecule has 3 aliphatic rings. The Morgan fingerprint density at radius 1 is 1.21 bits per heavy atom. The third-order valence-corrected chi connectivity index (χ3v) is 8.04. The van der Waals surface area contributed by atoms with Gasteiger partial charge >= 0.3 is 11.9 Å². The summed E-state index contributed by atoms with van der Waals surface area (Å²) in [6, 6.07) is 6.35. The maximum atomic E-state index is 13.0. The molecule has 1 N–H and O–H groups in total. The Labute approximate surface area is 199 Å². The number of esters is 2. The van der Waals surface area contributed by atoms with Gasteiger partial charge in [-0.05, 0) is 48.8 Å². The highest BCUT2D eigenvalue weighted by molar-refractivity contribution is 5.86. The number of carbonyl (C=O) groups excluding carboxylic acids is 2. The number of methoxy groups -OCH3 is 3. The Hall–Kier alpha value is -2.84. The molecule has 6 atom stereocenters. The second-order valence-corrected chi connectivity index (χ2v) is 9.51. The van der Waals surface area contributed by atoms with Gasteiger partial charge in [0.15, 0.2) is 0 Å². The largest absolute Gasteiger partial charge is 0.497 e. The first kappa shape index (κ1) is 22.9. The number of hydrogen-bond acceptors (Lipinski definition) is 7. The average Bonchev–Trinajstić information content (AvgIpc) is 3.24. The van der Waals surface area contributed by atoms with Crippen LogP contribution in [0.25, 0.3) is 10.9 Å². The quantitative estimate of drug-likeness (QED) is 0.533. The fourth-order valence-corrected chi connectivity index (χ4v) is 6.55. The van der Waals surface area contributed by atoms with Crippen molar-refractivity contribution < 1.29 is 28.5 Å². The van der Waals surface area contributed by atoms with Crippen LogP contribution in [0, 0.1) is 17.8 Å². The van der Waals surface area contributed by atoms with Crippen LogP contribution in [0.15, 0.2) is 30.9 Å². The number of benzene rings is 1. The fourth-order valence-electron chi connectivity index (χ4n) is 6.55. The number of hydrogen-bond donors (Lipinski definition) is 1. The Morgan fingerprint density at radius 3 is 2.74 bits per heavy atom. The van der Waals surface area contributed by atoms with Gasteiger partial charge in [0.25, 0.3) is 0 Å². The summed E-state index contributed by atoms with van der Waals surface area (Å²) in [5.41, 5.74) is 3.65. The Morgan fingerprint density at radius 2 is 2.03 bits per heavy atom. The van der Waals surface area contributed by atoms with E-state index >= 15 is 0 Å². The van der Waals surface area contributed by atoms with Crippen molar-refractivity contribution >= 4 is 22.8 Å². The normalized spacial score (nSPS) is 30.6. The zero-order valence-corrected chi connectivity index (χ0v) is 19.9. The molecule has 182 valence electrons. The van der Waals surface area contributed by atoms with Gasteiger partial charge in [0, 0.05) is 48.9 Å². The smallest absolute Gasteiger partial charge is 0.330 e. The summed E-state index contributed by atoms with van der Waals surface area (Å²) < 4.78 is 22.0. The second kappa shape index (κ2) is 9.07. The van der Waals surface area contributed by atoms with Crippen molar-refractivity contribution in [2.45, 2.75) is 37.5 Å². The van der Waals surface area contributed by atoms with Crippen LogP contribution in [0.2, 0.25) is 0 Å². The summed E-state index contributed by atoms with van der Waals surface area (Å²) in [6.45, 7) is 5.29. The lowest BCUT2D eigenvalue weighted by atomic mass is 9.64. The van der Waals surface area contributed by atoms with Gasteiger partial charge in [-0.15, -0.1) is 0 Å². The highest BCUT2D eigenvalue weighted by atomic mass is 16.6. The molecule has 0 spiro atoms. The van der Waals surface area contributed by atoms with E-state index in [9.17, 15) is 9.59 Å². The minimum absolute atomic E-state index is 0.0595. The third-order valence-electron chi connectivity index (χ3n) is 8.04. The Balaban J connectivity index is 1.49. The zero-order valence-electron chi connectivity index (χ0n) is 19.9. The van der Waals surface area contributed by atoms with Gasteiger partial charge in [-0.3, -0.25) is 9.69 Å². The van der Waals surface area contributed by atoms with Gasteiger partial charge in [0.1, 0.15) is 18.0 Å². The summed E-state index contributed by atoms with van der Waals surface area (Å²) >= 11 is 0. The number of aromatic nitrogens is 1. The maximum Gasteiger partial charge on any atom is 0.330 e. The predicted octanol–water partition coefficient (Wildman–Crippen LogP) is 3.02. The molecule has 1 aromatic heterocycles. The van der Waals surface area contributed by atoms with E-state index in [1.807, 2.05) is 12.1 Å². The van der Waals surface area contributed by atoms with Crippen LogP contribution in [-0.4, -0.2) is 68.4 Å². The van der Waals surface area contributed by atoms with Crippen LogP contribution in [0.4, 0.5) is 0 Å². The first-order valence-electron chi connectivity index (χ1n) is 11.8. The summed E-state index contributed by atoms with van der Waals surface area (Å²) in [4.78, 5) is 31.2. The lowest BCUT2D eigenvalue weighted by Gasteiger charge is -2.52. The van der Waals surface area contributed by atoms with Gasteiger partial charge in [-0.25, -0.2) is 4.79 Å². The minimum atomic E-state index is -0.556. The van der Waals surface area contributed by atoms with Crippen molar-refractivity contribution in [2.75, 3.05) is 34.4 Å². The summed E-state index contributed by atoms with van der Waals surface area (Å²) in [5.74, 6) is -0.239. The molecule has 1 aliphatic carbocycles. The number of aromatic amines is 1. The lowest BCUT2D eigenvalue weighted by molar-refractivity contribution is -0.187. The molecule has 0 unspecified atom stereocenters. The molecule has 2 aromatic rings. The molecule has 0 amide bonds. The number of nitrogens with zero attached hydrogens (tertiary/aromatic N) is 1. The number of fused-ring (bicyclic) bond motifs is 6. The molecule has 1 saturated heterocycles. The van der Waals surface area contributed by atoms with Crippen LogP contribution in [0.3, 0.4) is 0 Å². The average molecular weight is 469 g/mol. The molecule has 2 aliphatic heterocycles. The highest BCUT2D eigenvalue weighted by Crippen LogP contribution is 2.50. The summed E-state index contributed by atoms with van der Waals surface area (Å²) in [6.07, 6.45) is 2.50. The molecule has 8 heteroatoms. The number of H-pyrrole nitrogens is 1. The van der Waals surface area contributed by atoms with Crippen molar-refractivity contribution in [1.29, 1.82) is 0 Å². The third kappa shape index (κ3) is 3.69. The number of rotatable bonds is 5. The molecule has 1 aromatic carbocycles. The van der Waals surface area contributed by atoms with Crippen molar-refractivity contribution in [3.8, 4) is 5.75 Å². The number of ether oxygens (including phenoxy) is 4. The molecule has 34 heavy (non-hydrogen) atoms. The van der Waals surface area contributed by atoms with Gasteiger partial charge < -0.3 is 23.9 Å². The van der Waals surface area contributed by atoms with E-state index in [0.717, 1.165) is 43.3 Å². The summed E-state index contributed by atoms with van der Waals surface area (Å²) in [5, 5.41) is 1.23. The molecule has 0 bridgehead atoms. The van der Waals surface area contributed by atoms with Crippen LogP contribution < -0.4 is 4.74 Å². The SMILES string of the molecule is C=CC(=O)O[C@@H]1C[C@H]2CN3CCc4c([nH]c5cc(OC)ccc45)[C@H]3C[C@@H]2[C@H](C(=O)OC)[C@H]1OC. The van der Waals surface area contributed by atoms with Crippen molar-refractivity contribution in [3.05, 3.63) is 42.1 Å². The molecule has 8 nitrogen and oxygen atoms in total. The molecule has 1 saturated carbocycles. The van der Waals surface area contributed by atoms with E-state index in [-0.39, 0.29) is 23.8 Å². The van der Waals surface area contributed by atoms with Crippen molar-refractivity contribution in [1.82, 2.24) is 9.88 Å². The van der Waals surface area contributed by atoms with Crippen molar-refractivity contribution in [2.24, 2.45) is 17.8 Å². The molecular weight excluding hydrogens is 436 g/mol. The molecule has 2 fully saturated rings. The van der Waals surface area contributed by atoms with E-state index in [2.05, 4.69) is 22.5 Å². The van der Waals surface area contributed by atoms with Gasteiger partial charge in [0.2, 0.25) is 0 Å². The fraction of sp³-hybridized carbons (Fsp3) is 0.538. The number of piperidine rings is 1. The molecule has 0 radical (unpaired) electrons. The van der Waals surface area contributed by atoms with E-state index in [0.29, 0.717) is 6.42 Å². The molecule has 5 rings (SSSR count). The highest BCUT2D eigenvalue weighted by Gasteiger charge is 2.54. The van der Waals surface area contributed by atoms with Crippen LogP contribution in [0.5, 0.6) is 5.75 Å². The standard InChI is InChI=1S/C26H32N2O6/c1-5-22(29)34-21-10-14-13-28-9-8-17-16-7-6-15(31-2)11-19(16)27-24(17)20(28)12-18(14)23(25(21)32-3)26(30)33-4/h5-7,11,14,18,20-21,23,25,27H,1,8-10,12-13H2,2-4H3/t14-,18-,20+,21+,23-,25-/m0/s1. The minimum Gasteiger partial charge on any atom is -0.497 e. The monoisotopic (exact) mass is 468 g/mol. The molecule has 3 heterocycles. The lowest BCUT2D eigenvalue weighted by Crippen LogP contribution is -2.58. The van der Waals surface area contributed by atoms with E-state index in [4.69, 9.17) is 18.9 Å². The Kier molecular flexibility index (Phi) is 6.12. The number of nitrogens with one attached hydrogen (secondary N) is 1. The Bertz CT molecular complexity index is 1110. The summed E-state index contributed by atoms with van der Waals surface area (Å²) in [7, 11) is 4.64. The van der Waals surface area contributed by atoms with Crippen LogP contribution in [0.1, 0.15) is 30.1 Å². The zero-order chi connectivity index (χ0) is 24.0. The van der Waals surface area contributed by atoms with E-state index in [1.165, 1.54) is 23.8 Å². The van der Waals surface area contributed by atoms with E-state index in [1.54, 1.807) is 14.2 Å². The topological polar surface area (TPSA) is 90.1 Å². The maximum absolute atomic E-state index is 13.0. The first-order valence-corrected chi connectivity index (χ1v) is 11.8. The van der Waals surface area contributed by atoms with E-state index < -0.39 is 24.1 Å². The van der Waals surface area contributed by atoms with Gasteiger partial charge in [0.05, 0.1) is 26.2 Å². The molecular formula is C26H32N2O6. The predicted molar refractivity (Wildman–Crippen MR) is 125 cm³/mol.